The highest BCUT2D eigenvalue weighted by molar-refractivity contribution is 5.92. The first-order valence-corrected chi connectivity index (χ1v) is 11.7. The summed E-state index contributed by atoms with van der Waals surface area (Å²) in [6, 6.07) is 4.52. The largest absolute Gasteiger partial charge is 0.508 e. The number of amides is 3. The molecule has 1 aromatic carbocycles. The first-order chi connectivity index (χ1) is 15.4. The van der Waals surface area contributed by atoms with E-state index >= 15 is 0 Å². The predicted octanol–water partition coefficient (Wildman–Crippen LogP) is 4.14. The van der Waals surface area contributed by atoms with Crippen molar-refractivity contribution in [1.29, 1.82) is 0 Å². The van der Waals surface area contributed by atoms with Gasteiger partial charge >= 0.3 is 6.09 Å². The van der Waals surface area contributed by atoms with Gasteiger partial charge in [0.25, 0.3) is 0 Å². The summed E-state index contributed by atoms with van der Waals surface area (Å²) in [7, 11) is 1.51. The van der Waals surface area contributed by atoms with E-state index in [-0.39, 0.29) is 17.6 Å². The molecule has 3 N–H and O–H groups in total. The summed E-state index contributed by atoms with van der Waals surface area (Å²) in [5.74, 6) is -1.10. The minimum atomic E-state index is -1.05. The minimum absolute atomic E-state index is 0.0777. The van der Waals surface area contributed by atoms with Gasteiger partial charge < -0.3 is 25.4 Å². The predicted molar refractivity (Wildman–Crippen MR) is 129 cm³/mol. The van der Waals surface area contributed by atoms with Crippen molar-refractivity contribution in [3.63, 3.8) is 0 Å². The summed E-state index contributed by atoms with van der Waals surface area (Å²) in [5.41, 5.74) is -0.392. The average Bonchev–Trinajstić information content (AvgIpc) is 2.74. The lowest BCUT2D eigenvalue weighted by molar-refractivity contribution is -0.141. The fourth-order valence-corrected chi connectivity index (χ4v) is 3.39. The van der Waals surface area contributed by atoms with Crippen LogP contribution in [0.5, 0.6) is 5.75 Å². The molecule has 0 fully saturated rings. The number of carbonyl (C=O) groups is 3. The van der Waals surface area contributed by atoms with Gasteiger partial charge in [-0.15, -0.1) is 0 Å². The number of hydrogen-bond donors (Lipinski definition) is 3. The van der Waals surface area contributed by atoms with Crippen molar-refractivity contribution < 1.29 is 24.2 Å². The van der Waals surface area contributed by atoms with E-state index in [0.29, 0.717) is 18.5 Å². The Morgan fingerprint density at radius 2 is 1.76 bits per heavy atom. The van der Waals surface area contributed by atoms with Crippen molar-refractivity contribution in [3.8, 4) is 5.75 Å². The van der Waals surface area contributed by atoms with E-state index in [0.717, 1.165) is 19.3 Å². The normalized spacial score (nSPS) is 14.0. The molecule has 0 aliphatic heterocycles. The number of aromatic hydroxyl groups is 1. The Hall–Kier alpha value is -2.77. The molecule has 3 unspecified atom stereocenters. The number of nitrogens with one attached hydrogen (secondary N) is 2. The van der Waals surface area contributed by atoms with Crippen LogP contribution in [0.15, 0.2) is 24.3 Å². The minimum Gasteiger partial charge on any atom is -0.508 e. The van der Waals surface area contributed by atoms with Gasteiger partial charge in [-0.05, 0) is 39.2 Å². The SMILES string of the molecule is CCCCCNC(=O)C(c1ccccc1O)N(C)C(=O)C(NC(=O)OC(C)(C)C)C(C)CC. The van der Waals surface area contributed by atoms with Crippen LogP contribution < -0.4 is 10.6 Å². The Kier molecular flexibility index (Phi) is 11.2. The van der Waals surface area contributed by atoms with Crippen molar-refractivity contribution in [2.24, 2.45) is 5.92 Å². The summed E-state index contributed by atoms with van der Waals surface area (Å²) in [6.07, 6.45) is 2.75. The van der Waals surface area contributed by atoms with Crippen LogP contribution in [-0.2, 0) is 14.3 Å². The zero-order valence-electron chi connectivity index (χ0n) is 21.1. The highest BCUT2D eigenvalue weighted by Gasteiger charge is 2.36. The van der Waals surface area contributed by atoms with Gasteiger partial charge in [-0.3, -0.25) is 9.59 Å². The van der Waals surface area contributed by atoms with Crippen LogP contribution in [0.2, 0.25) is 0 Å². The zero-order valence-corrected chi connectivity index (χ0v) is 21.1. The molecule has 0 spiro atoms. The average molecular weight is 464 g/mol. The number of carbonyl (C=O) groups excluding carboxylic acids is 3. The van der Waals surface area contributed by atoms with Crippen LogP contribution in [0.4, 0.5) is 4.79 Å². The lowest BCUT2D eigenvalue weighted by Crippen LogP contribution is -2.54. The molecule has 0 bridgehead atoms. The molecule has 0 radical (unpaired) electrons. The lowest BCUT2D eigenvalue weighted by Gasteiger charge is -2.33. The van der Waals surface area contributed by atoms with Gasteiger partial charge in [0.05, 0.1) is 0 Å². The van der Waals surface area contributed by atoms with E-state index in [9.17, 15) is 19.5 Å². The molecule has 0 heterocycles. The Morgan fingerprint density at radius 1 is 1.12 bits per heavy atom. The molecule has 0 aromatic heterocycles. The third kappa shape index (κ3) is 8.94. The molecule has 0 saturated carbocycles. The van der Waals surface area contributed by atoms with E-state index in [1.54, 1.807) is 39.0 Å². The summed E-state index contributed by atoms with van der Waals surface area (Å²) in [6.45, 7) is 11.6. The number of hydrogen-bond acceptors (Lipinski definition) is 5. The summed E-state index contributed by atoms with van der Waals surface area (Å²) in [4.78, 5) is 40.4. The van der Waals surface area contributed by atoms with Crippen molar-refractivity contribution in [2.75, 3.05) is 13.6 Å². The monoisotopic (exact) mass is 463 g/mol. The second-order valence-electron chi connectivity index (χ2n) is 9.42. The van der Waals surface area contributed by atoms with Crippen molar-refractivity contribution in [2.45, 2.75) is 84.9 Å². The highest BCUT2D eigenvalue weighted by Crippen LogP contribution is 2.29. The van der Waals surface area contributed by atoms with Gasteiger partial charge in [0.15, 0.2) is 0 Å². The topological polar surface area (TPSA) is 108 Å². The van der Waals surface area contributed by atoms with Crippen LogP contribution in [0.1, 0.15) is 78.8 Å². The van der Waals surface area contributed by atoms with Crippen LogP contribution >= 0.6 is 0 Å². The van der Waals surface area contributed by atoms with E-state index in [1.165, 1.54) is 18.0 Å². The molecule has 8 heteroatoms. The molecule has 1 rings (SSSR count). The van der Waals surface area contributed by atoms with E-state index < -0.39 is 29.7 Å². The first-order valence-electron chi connectivity index (χ1n) is 11.7. The Bertz CT molecular complexity index is 790. The second-order valence-corrected chi connectivity index (χ2v) is 9.42. The number of phenols is 1. The molecule has 1 aromatic rings. The third-order valence-electron chi connectivity index (χ3n) is 5.45. The van der Waals surface area contributed by atoms with E-state index in [4.69, 9.17) is 4.74 Å². The first kappa shape index (κ1) is 28.3. The van der Waals surface area contributed by atoms with Crippen molar-refractivity contribution >= 4 is 17.9 Å². The van der Waals surface area contributed by atoms with Gasteiger partial charge in [-0.25, -0.2) is 4.79 Å². The van der Waals surface area contributed by atoms with Gasteiger partial charge in [0, 0.05) is 19.2 Å². The van der Waals surface area contributed by atoms with E-state index in [1.807, 2.05) is 13.8 Å². The number of rotatable bonds is 11. The van der Waals surface area contributed by atoms with Gasteiger partial charge in [0.1, 0.15) is 23.4 Å². The number of unbranched alkanes of at least 4 members (excludes halogenated alkanes) is 2. The lowest BCUT2D eigenvalue weighted by atomic mass is 9.96. The number of alkyl carbamates (subject to hydrolysis) is 1. The number of nitrogens with zero attached hydrogens (tertiary/aromatic N) is 1. The zero-order chi connectivity index (χ0) is 25.2. The summed E-state index contributed by atoms with van der Waals surface area (Å²) >= 11 is 0. The smallest absolute Gasteiger partial charge is 0.408 e. The van der Waals surface area contributed by atoms with Crippen molar-refractivity contribution in [3.05, 3.63) is 29.8 Å². The second kappa shape index (κ2) is 13.1. The Morgan fingerprint density at radius 3 is 2.30 bits per heavy atom. The number of ether oxygens (including phenoxy) is 1. The maximum Gasteiger partial charge on any atom is 0.408 e. The van der Waals surface area contributed by atoms with Crippen molar-refractivity contribution in [1.82, 2.24) is 15.5 Å². The molecule has 3 amide bonds. The number of benzene rings is 1. The standard InChI is InChI=1S/C25H41N3O5/c1-8-10-13-16-26-22(30)21(18-14-11-12-15-19(18)29)28(7)23(31)20(17(3)9-2)27-24(32)33-25(4,5)6/h11-12,14-15,17,20-21,29H,8-10,13,16H2,1-7H3,(H,26,30)(H,27,32). The highest BCUT2D eigenvalue weighted by atomic mass is 16.6. The maximum atomic E-state index is 13.5. The molecule has 0 aliphatic carbocycles. The number of likely N-dealkylation sites (N-methyl/N-ethyl adjacent to an activating group) is 1. The molecule has 0 aliphatic rings. The van der Waals surface area contributed by atoms with Gasteiger partial charge in [-0.2, -0.15) is 0 Å². The summed E-state index contributed by atoms with van der Waals surface area (Å²) < 4.78 is 5.34. The molecule has 0 saturated heterocycles. The van der Waals surface area contributed by atoms with Gasteiger partial charge in [-0.1, -0.05) is 58.2 Å². The molecule has 3 atom stereocenters. The molecular weight excluding hydrogens is 422 g/mol. The molecule has 186 valence electrons. The van der Waals surface area contributed by atoms with Crippen LogP contribution in [0, 0.1) is 5.92 Å². The van der Waals surface area contributed by atoms with Crippen LogP contribution in [-0.4, -0.2) is 53.1 Å². The Balaban J connectivity index is 3.21. The number of para-hydroxylation sites is 1. The molecule has 8 nitrogen and oxygen atoms in total. The molecule has 33 heavy (non-hydrogen) atoms. The fraction of sp³-hybridized carbons (Fsp3) is 0.640. The van der Waals surface area contributed by atoms with Crippen LogP contribution in [0.25, 0.3) is 0 Å². The summed E-state index contributed by atoms with van der Waals surface area (Å²) in [5, 5.41) is 16.0. The quantitative estimate of drug-likeness (QED) is 0.428. The third-order valence-corrected chi connectivity index (χ3v) is 5.45. The molecular formula is C25H41N3O5. The van der Waals surface area contributed by atoms with Gasteiger partial charge in [0.2, 0.25) is 11.8 Å². The Labute approximate surface area is 198 Å². The number of phenolic OH excluding ortho intramolecular Hbond substituents is 1. The maximum absolute atomic E-state index is 13.5. The van der Waals surface area contributed by atoms with Crippen LogP contribution in [0.3, 0.4) is 0 Å². The fourth-order valence-electron chi connectivity index (χ4n) is 3.39. The van der Waals surface area contributed by atoms with E-state index in [2.05, 4.69) is 17.6 Å².